The summed E-state index contributed by atoms with van der Waals surface area (Å²) in [5.41, 5.74) is 2.20. The molecule has 0 saturated carbocycles. The number of carbonyl (C=O) groups excluding carboxylic acids is 1. The predicted molar refractivity (Wildman–Crippen MR) is 119 cm³/mol. The van der Waals surface area contributed by atoms with Crippen molar-refractivity contribution < 1.29 is 13.2 Å². The number of hydrogen-bond acceptors (Lipinski definition) is 4. The summed E-state index contributed by atoms with van der Waals surface area (Å²) >= 11 is 0. The Morgan fingerprint density at radius 3 is 2.30 bits per heavy atom. The number of piperidine rings is 1. The van der Waals surface area contributed by atoms with E-state index in [1.54, 1.807) is 18.2 Å². The van der Waals surface area contributed by atoms with Gasteiger partial charge in [-0.2, -0.15) is 4.31 Å². The van der Waals surface area contributed by atoms with Crippen LogP contribution in [0.25, 0.3) is 0 Å². The molecule has 6 nitrogen and oxygen atoms in total. The first-order chi connectivity index (χ1) is 14.4. The lowest BCUT2D eigenvalue weighted by molar-refractivity contribution is 0.102. The Balaban J connectivity index is 1.46. The molecule has 7 heteroatoms. The first-order valence-electron chi connectivity index (χ1n) is 10.7. The average Bonchev–Trinajstić information content (AvgIpc) is 3.30. The highest BCUT2D eigenvalue weighted by Crippen LogP contribution is 2.25. The quantitative estimate of drug-likeness (QED) is 0.784. The average molecular weight is 428 g/mol. The smallest absolute Gasteiger partial charge is 0.255 e. The first kappa shape index (κ1) is 20.9. The van der Waals surface area contributed by atoms with E-state index in [0.29, 0.717) is 30.3 Å². The molecule has 2 aliphatic rings. The van der Waals surface area contributed by atoms with E-state index >= 15 is 0 Å². The fraction of sp³-hybridized carbons (Fsp3) is 0.435. The van der Waals surface area contributed by atoms with Gasteiger partial charge in [0.05, 0.1) is 4.90 Å². The second kappa shape index (κ2) is 8.78. The lowest BCUT2D eigenvalue weighted by Crippen LogP contribution is -2.37. The maximum absolute atomic E-state index is 13.0. The van der Waals surface area contributed by atoms with Crippen LogP contribution in [0.15, 0.2) is 53.4 Å². The maximum Gasteiger partial charge on any atom is 0.255 e. The van der Waals surface area contributed by atoms with Gasteiger partial charge in [0.1, 0.15) is 0 Å². The number of nitrogens with zero attached hydrogens (tertiary/aromatic N) is 2. The first-order valence-corrected chi connectivity index (χ1v) is 12.1. The predicted octanol–water partition coefficient (Wildman–Crippen LogP) is 3.96. The Hall–Kier alpha value is -2.38. The van der Waals surface area contributed by atoms with Crippen LogP contribution in [0.2, 0.25) is 0 Å². The molecular weight excluding hydrogens is 398 g/mol. The Bertz CT molecular complexity index is 991. The molecule has 1 N–H and O–H groups in total. The minimum Gasteiger partial charge on any atom is -0.372 e. The highest BCUT2D eigenvalue weighted by Gasteiger charge is 2.28. The Morgan fingerprint density at radius 2 is 1.63 bits per heavy atom. The molecule has 0 unspecified atom stereocenters. The molecule has 2 aromatic rings. The van der Waals surface area contributed by atoms with Gasteiger partial charge in [-0.3, -0.25) is 4.79 Å². The van der Waals surface area contributed by atoms with Gasteiger partial charge in [0, 0.05) is 43.1 Å². The molecule has 4 rings (SSSR count). The van der Waals surface area contributed by atoms with Crippen LogP contribution in [0.4, 0.5) is 11.4 Å². The third-order valence-corrected chi connectivity index (χ3v) is 7.97. The van der Waals surface area contributed by atoms with E-state index in [9.17, 15) is 13.2 Å². The molecule has 0 radical (unpaired) electrons. The van der Waals surface area contributed by atoms with Crippen LogP contribution >= 0.6 is 0 Å². The van der Waals surface area contributed by atoms with Gasteiger partial charge in [0.15, 0.2) is 0 Å². The summed E-state index contributed by atoms with van der Waals surface area (Å²) in [4.78, 5) is 15.2. The van der Waals surface area contributed by atoms with Crippen molar-refractivity contribution >= 4 is 27.3 Å². The molecule has 0 aromatic heterocycles. The Labute approximate surface area is 178 Å². The van der Waals surface area contributed by atoms with E-state index < -0.39 is 10.0 Å². The van der Waals surface area contributed by atoms with Crippen LogP contribution in [0.1, 0.15) is 43.0 Å². The minimum atomic E-state index is -3.58. The lowest BCUT2D eigenvalue weighted by Gasteiger charge is -2.29. The van der Waals surface area contributed by atoms with Crippen molar-refractivity contribution in [1.29, 1.82) is 0 Å². The molecule has 0 aliphatic carbocycles. The van der Waals surface area contributed by atoms with Crippen molar-refractivity contribution in [2.24, 2.45) is 5.92 Å². The number of hydrogen-bond donors (Lipinski definition) is 1. The number of sulfonamides is 1. The number of benzene rings is 2. The molecule has 30 heavy (non-hydrogen) atoms. The molecule has 2 aliphatic heterocycles. The minimum absolute atomic E-state index is 0.175. The maximum atomic E-state index is 13.0. The number of amides is 1. The fourth-order valence-corrected chi connectivity index (χ4v) is 5.62. The van der Waals surface area contributed by atoms with Crippen molar-refractivity contribution in [2.45, 2.75) is 37.5 Å². The summed E-state index contributed by atoms with van der Waals surface area (Å²) in [7, 11) is -3.58. The second-order valence-corrected chi connectivity index (χ2v) is 10.2. The topological polar surface area (TPSA) is 69.7 Å². The van der Waals surface area contributed by atoms with Crippen molar-refractivity contribution in [1.82, 2.24) is 4.31 Å². The van der Waals surface area contributed by atoms with Crippen molar-refractivity contribution in [3.8, 4) is 0 Å². The number of rotatable bonds is 5. The van der Waals surface area contributed by atoms with Crippen molar-refractivity contribution in [2.75, 3.05) is 36.4 Å². The van der Waals surface area contributed by atoms with Gasteiger partial charge in [-0.1, -0.05) is 13.0 Å². The van der Waals surface area contributed by atoms with E-state index in [1.807, 2.05) is 24.3 Å². The van der Waals surface area contributed by atoms with Crippen molar-refractivity contribution in [3.05, 3.63) is 54.1 Å². The van der Waals surface area contributed by atoms with Crippen LogP contribution in [0.5, 0.6) is 0 Å². The summed E-state index contributed by atoms with van der Waals surface area (Å²) in [5.74, 6) is 0.235. The number of nitrogens with one attached hydrogen (secondary N) is 1. The van der Waals surface area contributed by atoms with Crippen LogP contribution < -0.4 is 10.2 Å². The van der Waals surface area contributed by atoms with Gasteiger partial charge < -0.3 is 10.2 Å². The Morgan fingerprint density at radius 1 is 0.967 bits per heavy atom. The van der Waals surface area contributed by atoms with E-state index in [0.717, 1.165) is 31.6 Å². The second-order valence-electron chi connectivity index (χ2n) is 8.31. The largest absolute Gasteiger partial charge is 0.372 e. The SMILES string of the molecule is CC1CCN(S(=O)(=O)c2cccc(C(=O)Nc3ccc(N4CCCC4)cc3)c2)CC1. The van der Waals surface area contributed by atoms with E-state index in [-0.39, 0.29) is 10.8 Å². The zero-order valence-corrected chi connectivity index (χ0v) is 18.2. The van der Waals surface area contributed by atoms with Crippen LogP contribution in [0, 0.1) is 5.92 Å². The molecule has 2 aromatic carbocycles. The summed E-state index contributed by atoms with van der Waals surface area (Å²) in [5, 5.41) is 2.87. The highest BCUT2D eigenvalue weighted by molar-refractivity contribution is 7.89. The molecule has 160 valence electrons. The molecule has 0 atom stereocenters. The van der Waals surface area contributed by atoms with Gasteiger partial charge in [0.2, 0.25) is 10.0 Å². The molecule has 0 spiro atoms. The molecule has 2 saturated heterocycles. The zero-order chi connectivity index (χ0) is 21.1. The molecule has 2 heterocycles. The van der Waals surface area contributed by atoms with Gasteiger partial charge >= 0.3 is 0 Å². The lowest BCUT2D eigenvalue weighted by atomic mass is 10.0. The summed E-state index contributed by atoms with van der Waals surface area (Å²) in [6.07, 6.45) is 4.17. The summed E-state index contributed by atoms with van der Waals surface area (Å²) in [6, 6.07) is 14.1. The van der Waals surface area contributed by atoms with Gasteiger partial charge in [0.25, 0.3) is 5.91 Å². The molecule has 2 fully saturated rings. The van der Waals surface area contributed by atoms with Crippen LogP contribution in [0.3, 0.4) is 0 Å². The molecular formula is C23H29N3O3S. The van der Waals surface area contributed by atoms with Crippen LogP contribution in [-0.4, -0.2) is 44.8 Å². The van der Waals surface area contributed by atoms with E-state index in [2.05, 4.69) is 17.1 Å². The van der Waals surface area contributed by atoms with E-state index in [4.69, 9.17) is 0 Å². The summed E-state index contributed by atoms with van der Waals surface area (Å²) < 4.78 is 27.5. The highest BCUT2D eigenvalue weighted by atomic mass is 32.2. The van der Waals surface area contributed by atoms with Crippen LogP contribution in [-0.2, 0) is 10.0 Å². The zero-order valence-electron chi connectivity index (χ0n) is 17.4. The Kier molecular flexibility index (Phi) is 6.11. The van der Waals surface area contributed by atoms with Crippen molar-refractivity contribution in [3.63, 3.8) is 0 Å². The van der Waals surface area contributed by atoms with Gasteiger partial charge in [-0.05, 0) is 74.1 Å². The summed E-state index contributed by atoms with van der Waals surface area (Å²) in [6.45, 7) is 5.35. The number of anilines is 2. The van der Waals surface area contributed by atoms with E-state index in [1.165, 1.54) is 23.2 Å². The van der Waals surface area contributed by atoms with Gasteiger partial charge in [-0.25, -0.2) is 8.42 Å². The molecule has 0 bridgehead atoms. The van der Waals surface area contributed by atoms with Gasteiger partial charge in [-0.15, -0.1) is 0 Å². The third kappa shape index (κ3) is 4.52. The fourth-order valence-electron chi connectivity index (χ4n) is 4.11. The normalized spacial score (nSPS) is 18.5. The standard InChI is InChI=1S/C23H29N3O3S/c1-18-11-15-26(16-12-18)30(28,29)22-6-4-5-19(17-22)23(27)24-20-7-9-21(10-8-20)25-13-2-3-14-25/h4-10,17-18H,2-3,11-16H2,1H3,(H,24,27). The monoisotopic (exact) mass is 427 g/mol. The number of carbonyl (C=O) groups is 1. The molecule has 1 amide bonds. The third-order valence-electron chi connectivity index (χ3n) is 6.07.